The number of carboxylic acid groups (broad SMARTS) is 1. The number of carbonyl (C=O) groups is 3. The molecule has 0 heterocycles. The topological polar surface area (TPSA) is 117 Å². The summed E-state index contributed by atoms with van der Waals surface area (Å²) in [6.07, 6.45) is 3.15. The zero-order valence-electron chi connectivity index (χ0n) is 11.9. The maximum atomic E-state index is 11.4. The number of benzene rings is 1. The van der Waals surface area contributed by atoms with Crippen molar-refractivity contribution < 1.29 is 24.2 Å². The molecule has 1 aliphatic rings. The van der Waals surface area contributed by atoms with Crippen molar-refractivity contribution in [2.75, 3.05) is 6.61 Å². The van der Waals surface area contributed by atoms with Gasteiger partial charge in [0.1, 0.15) is 5.75 Å². The van der Waals surface area contributed by atoms with Gasteiger partial charge < -0.3 is 15.2 Å². The third kappa shape index (κ3) is 5.70. The molecule has 1 saturated carbocycles. The maximum Gasteiger partial charge on any atom is 0.341 e. The normalized spacial score (nSPS) is 13.6. The van der Waals surface area contributed by atoms with E-state index in [0.717, 1.165) is 12.8 Å². The van der Waals surface area contributed by atoms with Crippen LogP contribution < -0.4 is 15.5 Å². The highest BCUT2D eigenvalue weighted by molar-refractivity contribution is 9.10. The third-order valence-electron chi connectivity index (χ3n) is 2.81. The number of nitrogens with one attached hydrogen (secondary N) is 2. The van der Waals surface area contributed by atoms with Crippen LogP contribution in [-0.4, -0.2) is 41.8 Å². The highest BCUT2D eigenvalue weighted by Gasteiger charge is 2.26. The van der Waals surface area contributed by atoms with E-state index in [1.165, 1.54) is 6.21 Å². The molecule has 0 radical (unpaired) electrons. The number of carbonyl (C=O) groups excluding carboxylic acids is 2. The standard InChI is InChI=1S/C14H14BrN3O5/c15-10-5-8(1-4-11(10)23-7-12(19)20)6-16-18-14(22)13(21)17-9-2-3-9/h1,4-6,9H,2-3,7H2,(H,17,21)(H,18,22)(H,19,20)/b16-6-. The van der Waals surface area contributed by atoms with E-state index in [2.05, 4.69) is 31.8 Å². The number of hydrogen-bond donors (Lipinski definition) is 3. The fourth-order valence-corrected chi connectivity index (χ4v) is 2.06. The Morgan fingerprint density at radius 2 is 2.09 bits per heavy atom. The molecule has 1 aromatic carbocycles. The Morgan fingerprint density at radius 3 is 2.70 bits per heavy atom. The predicted molar refractivity (Wildman–Crippen MR) is 84.2 cm³/mol. The first-order chi connectivity index (χ1) is 11.0. The van der Waals surface area contributed by atoms with Crippen LogP contribution >= 0.6 is 15.9 Å². The first kappa shape index (κ1) is 16.9. The maximum absolute atomic E-state index is 11.4. The van der Waals surface area contributed by atoms with Crippen molar-refractivity contribution in [2.45, 2.75) is 18.9 Å². The van der Waals surface area contributed by atoms with E-state index < -0.39 is 24.4 Å². The quantitative estimate of drug-likeness (QED) is 0.378. The van der Waals surface area contributed by atoms with Crippen molar-refractivity contribution in [3.63, 3.8) is 0 Å². The van der Waals surface area contributed by atoms with Crippen molar-refractivity contribution in [2.24, 2.45) is 5.10 Å². The molecule has 0 unspecified atom stereocenters. The summed E-state index contributed by atoms with van der Waals surface area (Å²) in [4.78, 5) is 33.3. The molecule has 23 heavy (non-hydrogen) atoms. The number of rotatable bonds is 6. The van der Waals surface area contributed by atoms with Crippen molar-refractivity contribution >= 4 is 39.9 Å². The second kappa shape index (κ2) is 7.73. The van der Waals surface area contributed by atoms with E-state index in [1.807, 2.05) is 0 Å². The Labute approximate surface area is 140 Å². The number of hydrazone groups is 1. The summed E-state index contributed by atoms with van der Waals surface area (Å²) < 4.78 is 5.60. The predicted octanol–water partition coefficient (Wildman–Crippen LogP) is 0.641. The smallest absolute Gasteiger partial charge is 0.341 e. The molecule has 1 fully saturated rings. The van der Waals surface area contributed by atoms with Crippen LogP contribution in [-0.2, 0) is 14.4 Å². The first-order valence-corrected chi connectivity index (χ1v) is 7.53. The van der Waals surface area contributed by atoms with Crippen LogP contribution in [0, 0.1) is 0 Å². The molecule has 122 valence electrons. The molecule has 0 aliphatic heterocycles. The van der Waals surface area contributed by atoms with E-state index in [9.17, 15) is 14.4 Å². The Hall–Kier alpha value is -2.42. The van der Waals surface area contributed by atoms with Gasteiger partial charge in [-0.15, -0.1) is 0 Å². The van der Waals surface area contributed by atoms with Gasteiger partial charge in [0.15, 0.2) is 6.61 Å². The van der Waals surface area contributed by atoms with E-state index in [1.54, 1.807) is 18.2 Å². The first-order valence-electron chi connectivity index (χ1n) is 6.74. The molecule has 9 heteroatoms. The number of amides is 2. The summed E-state index contributed by atoms with van der Waals surface area (Å²) in [5.74, 6) is -2.23. The van der Waals surface area contributed by atoms with E-state index in [4.69, 9.17) is 9.84 Å². The van der Waals surface area contributed by atoms with Gasteiger partial charge in [-0.25, -0.2) is 10.2 Å². The average Bonchev–Trinajstić information content (AvgIpc) is 3.30. The van der Waals surface area contributed by atoms with Gasteiger partial charge >= 0.3 is 17.8 Å². The molecule has 2 rings (SSSR count). The number of carboxylic acids is 1. The van der Waals surface area contributed by atoms with Crippen LogP contribution in [0.4, 0.5) is 0 Å². The van der Waals surface area contributed by atoms with Gasteiger partial charge in [-0.1, -0.05) is 0 Å². The van der Waals surface area contributed by atoms with E-state index in [-0.39, 0.29) is 6.04 Å². The largest absolute Gasteiger partial charge is 0.481 e. The summed E-state index contributed by atoms with van der Waals surface area (Å²) in [5.41, 5.74) is 2.76. The Balaban J connectivity index is 1.86. The molecule has 0 atom stereocenters. The van der Waals surface area contributed by atoms with E-state index >= 15 is 0 Å². The molecule has 0 spiro atoms. The van der Waals surface area contributed by atoms with Crippen LogP contribution in [0.3, 0.4) is 0 Å². The third-order valence-corrected chi connectivity index (χ3v) is 3.43. The van der Waals surface area contributed by atoms with Gasteiger partial charge in [0.25, 0.3) is 0 Å². The fourth-order valence-electron chi connectivity index (χ4n) is 1.55. The number of ether oxygens (including phenoxy) is 1. The molecular weight excluding hydrogens is 370 g/mol. The van der Waals surface area contributed by atoms with Crippen LogP contribution in [0.5, 0.6) is 5.75 Å². The van der Waals surface area contributed by atoms with Gasteiger partial charge in [0.05, 0.1) is 10.7 Å². The number of halogens is 1. The molecule has 1 aromatic rings. The highest BCUT2D eigenvalue weighted by Crippen LogP contribution is 2.25. The zero-order chi connectivity index (χ0) is 16.8. The molecule has 2 amide bonds. The van der Waals surface area contributed by atoms with Crippen LogP contribution in [0.2, 0.25) is 0 Å². The Morgan fingerprint density at radius 1 is 1.35 bits per heavy atom. The summed E-state index contributed by atoms with van der Waals surface area (Å²) in [6.45, 7) is -0.446. The van der Waals surface area contributed by atoms with Gasteiger partial charge in [0, 0.05) is 6.04 Å². The van der Waals surface area contributed by atoms with Crippen LogP contribution in [0.1, 0.15) is 18.4 Å². The van der Waals surface area contributed by atoms with Gasteiger partial charge in [-0.2, -0.15) is 5.10 Å². The fraction of sp³-hybridized carbons (Fsp3) is 0.286. The molecule has 0 bridgehead atoms. The van der Waals surface area contributed by atoms with Gasteiger partial charge in [-0.3, -0.25) is 9.59 Å². The number of aliphatic carboxylic acids is 1. The number of nitrogens with zero attached hydrogens (tertiary/aromatic N) is 1. The molecule has 0 saturated heterocycles. The average molecular weight is 384 g/mol. The lowest BCUT2D eigenvalue weighted by atomic mass is 10.2. The van der Waals surface area contributed by atoms with Crippen molar-refractivity contribution in [1.29, 1.82) is 0 Å². The molecule has 0 aromatic heterocycles. The molecule has 8 nitrogen and oxygen atoms in total. The lowest BCUT2D eigenvalue weighted by Gasteiger charge is -2.06. The van der Waals surface area contributed by atoms with Crippen molar-refractivity contribution in [3.05, 3.63) is 28.2 Å². The summed E-state index contributed by atoms with van der Waals surface area (Å²) >= 11 is 3.24. The Kier molecular flexibility index (Phi) is 5.69. The minimum atomic E-state index is -1.07. The Bertz CT molecular complexity index is 658. The monoisotopic (exact) mass is 383 g/mol. The van der Waals surface area contributed by atoms with Crippen LogP contribution in [0.25, 0.3) is 0 Å². The second-order valence-corrected chi connectivity index (χ2v) is 5.67. The minimum Gasteiger partial charge on any atom is -0.481 e. The number of hydrogen-bond acceptors (Lipinski definition) is 5. The molecule has 3 N–H and O–H groups in total. The summed E-state index contributed by atoms with van der Waals surface area (Å²) in [6, 6.07) is 4.93. The SMILES string of the molecule is O=C(O)COc1ccc(/C=N\NC(=O)C(=O)NC2CC2)cc1Br. The molecule has 1 aliphatic carbocycles. The summed E-state index contributed by atoms with van der Waals surface area (Å²) in [7, 11) is 0. The van der Waals surface area contributed by atoms with Crippen LogP contribution in [0.15, 0.2) is 27.8 Å². The van der Waals surface area contributed by atoms with E-state index in [0.29, 0.717) is 15.8 Å². The zero-order valence-corrected chi connectivity index (χ0v) is 13.5. The highest BCUT2D eigenvalue weighted by atomic mass is 79.9. The summed E-state index contributed by atoms with van der Waals surface area (Å²) in [5, 5.41) is 14.8. The van der Waals surface area contributed by atoms with Crippen molar-refractivity contribution in [3.8, 4) is 5.75 Å². The lowest BCUT2D eigenvalue weighted by molar-refractivity contribution is -0.139. The van der Waals surface area contributed by atoms with Crippen molar-refractivity contribution in [1.82, 2.24) is 10.7 Å². The minimum absolute atomic E-state index is 0.103. The van der Waals surface area contributed by atoms with Gasteiger partial charge in [0.2, 0.25) is 0 Å². The van der Waals surface area contributed by atoms with Gasteiger partial charge in [-0.05, 0) is 52.5 Å². The molecular formula is C14H14BrN3O5. The lowest BCUT2D eigenvalue weighted by Crippen LogP contribution is -2.38. The second-order valence-electron chi connectivity index (χ2n) is 4.82.